The maximum Gasteiger partial charge on any atom is 0.0853 e. The molecule has 1 heterocycles. The molecule has 0 aliphatic heterocycles. The lowest BCUT2D eigenvalue weighted by atomic mass is 10.2. The molecule has 0 bridgehead atoms. The molecule has 0 aromatic carbocycles. The van der Waals surface area contributed by atoms with Gasteiger partial charge in [0.05, 0.1) is 17.5 Å². The lowest BCUT2D eigenvalue weighted by Gasteiger charge is -1.91. The molecule has 0 unspecified atom stereocenters. The smallest absolute Gasteiger partial charge is 0.0853 e. The fourth-order valence-electron chi connectivity index (χ4n) is 0.702. The molecule has 3 nitrogen and oxygen atoms in total. The van der Waals surface area contributed by atoms with Crippen molar-refractivity contribution in [1.29, 1.82) is 0 Å². The van der Waals surface area contributed by atoms with Gasteiger partial charge >= 0.3 is 0 Å². The zero-order valence-electron chi connectivity index (χ0n) is 6.47. The normalized spacial score (nSPS) is 12.2. The van der Waals surface area contributed by atoms with Gasteiger partial charge in [-0.2, -0.15) is 0 Å². The fourth-order valence-corrected chi connectivity index (χ4v) is 1.26. The summed E-state index contributed by atoms with van der Waals surface area (Å²) in [6.07, 6.45) is 4.56. The van der Waals surface area contributed by atoms with Crippen LogP contribution in [0, 0.1) is 0 Å². The van der Waals surface area contributed by atoms with Crippen molar-refractivity contribution < 1.29 is 0 Å². The highest BCUT2D eigenvalue weighted by molar-refractivity contribution is 7.07. The van der Waals surface area contributed by atoms with Gasteiger partial charge in [-0.05, 0) is 0 Å². The van der Waals surface area contributed by atoms with Crippen LogP contribution in [0.1, 0.15) is 5.69 Å². The van der Waals surface area contributed by atoms with Crippen molar-refractivity contribution in [2.45, 2.75) is 0 Å². The Morgan fingerprint density at radius 1 is 1.75 bits per heavy atom. The van der Waals surface area contributed by atoms with Crippen LogP contribution in [0.5, 0.6) is 0 Å². The summed E-state index contributed by atoms with van der Waals surface area (Å²) in [5.41, 5.74) is 8.61. The molecular formula is C8H9N3S. The molecule has 1 rings (SSSR count). The molecule has 1 aromatic heterocycles. The van der Waals surface area contributed by atoms with Gasteiger partial charge in [0.1, 0.15) is 0 Å². The number of nitrogens with two attached hydrogens (primary N) is 1. The fraction of sp³-hybridized carbons (Fsp3) is 0. The third-order valence-corrected chi connectivity index (χ3v) is 1.83. The van der Waals surface area contributed by atoms with E-state index in [0.717, 1.165) is 11.3 Å². The number of rotatable bonds is 3. The Kier molecular flexibility index (Phi) is 3.22. The summed E-state index contributed by atoms with van der Waals surface area (Å²) in [5, 5.41) is 1.93. The summed E-state index contributed by atoms with van der Waals surface area (Å²) in [4.78, 5) is 7.89. The number of aromatic nitrogens is 1. The van der Waals surface area contributed by atoms with Crippen molar-refractivity contribution >= 4 is 23.2 Å². The summed E-state index contributed by atoms with van der Waals surface area (Å²) < 4.78 is 0. The van der Waals surface area contributed by atoms with Crippen molar-refractivity contribution in [2.24, 2.45) is 10.7 Å². The minimum Gasteiger partial charge on any atom is -0.390 e. The third-order valence-electron chi connectivity index (χ3n) is 1.25. The lowest BCUT2D eigenvalue weighted by Crippen LogP contribution is -1.86. The van der Waals surface area contributed by atoms with Crippen LogP contribution in [0.3, 0.4) is 0 Å². The first-order valence-corrected chi connectivity index (χ1v) is 4.27. The quantitative estimate of drug-likeness (QED) is 0.436. The third kappa shape index (κ3) is 2.03. The molecule has 0 aliphatic carbocycles. The minimum atomic E-state index is 0.873. The molecule has 0 saturated carbocycles. The molecule has 4 heteroatoms. The maximum absolute atomic E-state index is 5.10. The van der Waals surface area contributed by atoms with Gasteiger partial charge in [0.2, 0.25) is 0 Å². The average molecular weight is 179 g/mol. The summed E-state index contributed by atoms with van der Waals surface area (Å²) in [5.74, 6) is 0. The molecule has 0 amide bonds. The Labute approximate surface area is 75.0 Å². The predicted molar refractivity (Wildman–Crippen MR) is 53.0 cm³/mol. The van der Waals surface area contributed by atoms with Gasteiger partial charge in [-0.1, -0.05) is 12.7 Å². The highest BCUT2D eigenvalue weighted by Crippen LogP contribution is 2.14. The highest BCUT2D eigenvalue weighted by Gasteiger charge is 1.97. The van der Waals surface area contributed by atoms with Gasteiger partial charge in [-0.15, -0.1) is 11.3 Å². The van der Waals surface area contributed by atoms with Crippen LogP contribution < -0.4 is 5.73 Å². The van der Waals surface area contributed by atoms with E-state index in [9.17, 15) is 0 Å². The second-order valence-electron chi connectivity index (χ2n) is 1.96. The Balaban J connectivity index is 2.90. The van der Waals surface area contributed by atoms with E-state index in [2.05, 4.69) is 16.6 Å². The number of hydrogen-bond acceptors (Lipinski definition) is 3. The monoisotopic (exact) mass is 179 g/mol. The average Bonchev–Trinajstić information content (AvgIpc) is 2.59. The van der Waals surface area contributed by atoms with Crippen LogP contribution in [-0.2, 0) is 0 Å². The number of hydrogen-bond donors (Lipinski definition) is 1. The van der Waals surface area contributed by atoms with Crippen molar-refractivity contribution in [3.8, 4) is 0 Å². The molecule has 2 N–H and O–H groups in total. The molecule has 1 aromatic rings. The largest absolute Gasteiger partial charge is 0.390 e. The number of nitrogens with zero attached hydrogens (tertiary/aromatic N) is 2. The second kappa shape index (κ2) is 4.46. The first-order valence-electron chi connectivity index (χ1n) is 3.33. The SMILES string of the molecule is C=C/C(=C\N=C/N)c1cscn1. The van der Waals surface area contributed by atoms with Gasteiger partial charge in [0.25, 0.3) is 0 Å². The van der Waals surface area contributed by atoms with Crippen LogP contribution in [0.2, 0.25) is 0 Å². The van der Waals surface area contributed by atoms with Crippen molar-refractivity contribution in [3.05, 3.63) is 35.4 Å². The minimum absolute atomic E-state index is 0.873. The van der Waals surface area contributed by atoms with Crippen molar-refractivity contribution in [1.82, 2.24) is 4.98 Å². The molecule has 12 heavy (non-hydrogen) atoms. The zero-order chi connectivity index (χ0) is 8.81. The molecule has 0 atom stereocenters. The van der Waals surface area contributed by atoms with Crippen molar-refractivity contribution in [2.75, 3.05) is 0 Å². The van der Waals surface area contributed by atoms with Crippen LogP contribution in [0.25, 0.3) is 5.57 Å². The van der Waals surface area contributed by atoms with E-state index in [1.807, 2.05) is 5.38 Å². The van der Waals surface area contributed by atoms with Gasteiger partial charge in [0, 0.05) is 17.2 Å². The standard InChI is InChI=1S/C8H9N3S/c1-2-7(3-10-5-9)8-4-12-6-11-8/h2-6H,1H2,(H2,9,10)/b7-3+. The first kappa shape index (κ1) is 8.67. The lowest BCUT2D eigenvalue weighted by molar-refractivity contribution is 1.35. The Bertz CT molecular complexity index is 298. The Morgan fingerprint density at radius 2 is 2.58 bits per heavy atom. The van der Waals surface area contributed by atoms with E-state index in [-0.39, 0.29) is 0 Å². The van der Waals surface area contributed by atoms with E-state index in [0.29, 0.717) is 0 Å². The zero-order valence-corrected chi connectivity index (χ0v) is 7.29. The van der Waals surface area contributed by atoms with E-state index >= 15 is 0 Å². The van der Waals surface area contributed by atoms with E-state index in [1.165, 1.54) is 17.7 Å². The molecule has 62 valence electrons. The van der Waals surface area contributed by atoms with Crippen LogP contribution in [0.15, 0.2) is 34.7 Å². The van der Waals surface area contributed by atoms with E-state index in [1.54, 1.807) is 17.8 Å². The van der Waals surface area contributed by atoms with E-state index < -0.39 is 0 Å². The Morgan fingerprint density at radius 3 is 3.08 bits per heavy atom. The summed E-state index contributed by atoms with van der Waals surface area (Å²) in [6, 6.07) is 0. The van der Waals surface area contributed by atoms with Gasteiger partial charge < -0.3 is 5.73 Å². The predicted octanol–water partition coefficient (Wildman–Crippen LogP) is 1.66. The molecule has 0 fully saturated rings. The summed E-state index contributed by atoms with van der Waals surface area (Å²) in [6.45, 7) is 3.65. The van der Waals surface area contributed by atoms with Gasteiger partial charge in [0.15, 0.2) is 0 Å². The second-order valence-corrected chi connectivity index (χ2v) is 2.68. The van der Waals surface area contributed by atoms with Crippen LogP contribution >= 0.6 is 11.3 Å². The van der Waals surface area contributed by atoms with Crippen LogP contribution in [0.4, 0.5) is 0 Å². The first-order chi connectivity index (χ1) is 5.88. The molecule has 0 radical (unpaired) electrons. The van der Waals surface area contributed by atoms with Crippen LogP contribution in [-0.4, -0.2) is 11.3 Å². The Hall–Kier alpha value is -1.42. The number of aliphatic imine (C=N–C) groups is 1. The number of thiazole rings is 1. The number of allylic oxidation sites excluding steroid dienone is 2. The summed E-state index contributed by atoms with van der Waals surface area (Å²) in [7, 11) is 0. The molecular weight excluding hydrogens is 170 g/mol. The topological polar surface area (TPSA) is 51.3 Å². The van der Waals surface area contributed by atoms with Gasteiger partial charge in [-0.3, -0.25) is 0 Å². The molecule has 0 spiro atoms. The molecule has 0 saturated heterocycles. The van der Waals surface area contributed by atoms with Crippen molar-refractivity contribution in [3.63, 3.8) is 0 Å². The maximum atomic E-state index is 5.10. The van der Waals surface area contributed by atoms with E-state index in [4.69, 9.17) is 5.73 Å². The van der Waals surface area contributed by atoms with Gasteiger partial charge in [-0.25, -0.2) is 9.98 Å². The summed E-state index contributed by atoms with van der Waals surface area (Å²) >= 11 is 1.53. The molecule has 0 aliphatic rings. The highest BCUT2D eigenvalue weighted by atomic mass is 32.1.